The van der Waals surface area contributed by atoms with E-state index in [0.717, 1.165) is 0 Å². The fourth-order valence-electron chi connectivity index (χ4n) is 1.44. The number of hydrogen-bond acceptors (Lipinski definition) is 5. The SMILES string of the molecule is COC(=O)c1ccc(C(=O)ON)c(C)c1C. The molecule has 0 unspecified atom stereocenters. The Bertz CT molecular complexity index is 399. The molecule has 0 aromatic heterocycles. The van der Waals surface area contributed by atoms with E-state index in [-0.39, 0.29) is 0 Å². The van der Waals surface area contributed by atoms with Gasteiger partial charge in [0.15, 0.2) is 0 Å². The van der Waals surface area contributed by atoms with Crippen molar-refractivity contribution in [2.24, 2.45) is 5.90 Å². The molecule has 5 heteroatoms. The smallest absolute Gasteiger partial charge is 0.356 e. The highest BCUT2D eigenvalue weighted by Gasteiger charge is 2.17. The van der Waals surface area contributed by atoms with E-state index < -0.39 is 11.9 Å². The molecular weight excluding hydrogens is 210 g/mol. The standard InChI is InChI=1S/C11H13NO4/c1-6-7(2)9(11(14)16-12)5-4-8(6)10(13)15-3/h4-5H,12H2,1-3H3. The zero-order chi connectivity index (χ0) is 12.3. The molecule has 0 saturated carbocycles. The summed E-state index contributed by atoms with van der Waals surface area (Å²) in [4.78, 5) is 26.8. The fourth-order valence-corrected chi connectivity index (χ4v) is 1.44. The minimum Gasteiger partial charge on any atom is -0.465 e. The predicted molar refractivity (Wildman–Crippen MR) is 56.9 cm³/mol. The van der Waals surface area contributed by atoms with Crippen LogP contribution in [0.4, 0.5) is 0 Å². The lowest BCUT2D eigenvalue weighted by Gasteiger charge is -2.10. The second-order valence-electron chi connectivity index (χ2n) is 3.31. The zero-order valence-corrected chi connectivity index (χ0v) is 9.37. The summed E-state index contributed by atoms with van der Waals surface area (Å²) < 4.78 is 4.62. The summed E-state index contributed by atoms with van der Waals surface area (Å²) in [5.41, 5.74) is 2.09. The second kappa shape index (κ2) is 4.76. The summed E-state index contributed by atoms with van der Waals surface area (Å²) in [6.07, 6.45) is 0. The Morgan fingerprint density at radius 2 is 1.50 bits per heavy atom. The van der Waals surface area contributed by atoms with Gasteiger partial charge in [-0.1, -0.05) is 0 Å². The van der Waals surface area contributed by atoms with Crippen molar-refractivity contribution in [2.75, 3.05) is 7.11 Å². The van der Waals surface area contributed by atoms with E-state index in [1.165, 1.54) is 19.2 Å². The molecule has 2 N–H and O–H groups in total. The van der Waals surface area contributed by atoms with E-state index in [0.29, 0.717) is 22.3 Å². The number of carbonyl (C=O) groups excluding carboxylic acids is 2. The second-order valence-corrected chi connectivity index (χ2v) is 3.31. The van der Waals surface area contributed by atoms with Crippen LogP contribution in [-0.4, -0.2) is 19.0 Å². The van der Waals surface area contributed by atoms with Gasteiger partial charge < -0.3 is 9.57 Å². The molecule has 0 fully saturated rings. The molecule has 0 heterocycles. The van der Waals surface area contributed by atoms with Gasteiger partial charge in [0.2, 0.25) is 0 Å². The van der Waals surface area contributed by atoms with Crippen molar-refractivity contribution in [3.63, 3.8) is 0 Å². The first-order valence-corrected chi connectivity index (χ1v) is 4.62. The Kier molecular flexibility index (Phi) is 3.63. The lowest BCUT2D eigenvalue weighted by Crippen LogP contribution is -2.14. The molecule has 1 aromatic rings. The van der Waals surface area contributed by atoms with E-state index in [2.05, 4.69) is 9.57 Å². The predicted octanol–water partition coefficient (Wildman–Crippen LogP) is 1.12. The Morgan fingerprint density at radius 3 is 1.88 bits per heavy atom. The van der Waals surface area contributed by atoms with Crippen LogP contribution < -0.4 is 5.90 Å². The van der Waals surface area contributed by atoms with Crippen LogP contribution in [0.25, 0.3) is 0 Å². The number of rotatable bonds is 2. The van der Waals surface area contributed by atoms with E-state index in [9.17, 15) is 9.59 Å². The van der Waals surface area contributed by atoms with Gasteiger partial charge >= 0.3 is 11.9 Å². The third kappa shape index (κ3) is 2.04. The normalized spacial score (nSPS) is 9.75. The molecule has 0 radical (unpaired) electrons. The molecule has 0 saturated heterocycles. The van der Waals surface area contributed by atoms with Crippen LogP contribution in [0, 0.1) is 13.8 Å². The molecule has 0 aliphatic rings. The highest BCUT2D eigenvalue weighted by molar-refractivity contribution is 5.96. The largest absolute Gasteiger partial charge is 0.465 e. The number of esters is 1. The third-order valence-electron chi connectivity index (χ3n) is 2.52. The van der Waals surface area contributed by atoms with Gasteiger partial charge in [-0.15, -0.1) is 0 Å². The van der Waals surface area contributed by atoms with Crippen molar-refractivity contribution in [3.8, 4) is 0 Å². The molecule has 86 valence electrons. The zero-order valence-electron chi connectivity index (χ0n) is 9.37. The molecule has 0 aliphatic carbocycles. The van der Waals surface area contributed by atoms with E-state index in [1.807, 2.05) is 0 Å². The van der Waals surface area contributed by atoms with Crippen LogP contribution in [0.2, 0.25) is 0 Å². The Balaban J connectivity index is 3.28. The maximum absolute atomic E-state index is 11.4. The molecule has 0 amide bonds. The molecule has 5 nitrogen and oxygen atoms in total. The molecule has 0 spiro atoms. The highest BCUT2D eigenvalue weighted by Crippen LogP contribution is 2.19. The lowest BCUT2D eigenvalue weighted by atomic mass is 9.98. The molecule has 0 aliphatic heterocycles. The average molecular weight is 223 g/mol. The van der Waals surface area contributed by atoms with Crippen molar-refractivity contribution < 1.29 is 19.2 Å². The van der Waals surface area contributed by atoms with E-state index >= 15 is 0 Å². The van der Waals surface area contributed by atoms with E-state index in [1.54, 1.807) is 13.8 Å². The average Bonchev–Trinajstić information content (AvgIpc) is 2.30. The van der Waals surface area contributed by atoms with Gasteiger partial charge in [-0.3, -0.25) is 0 Å². The Hall–Kier alpha value is -1.88. The maximum Gasteiger partial charge on any atom is 0.356 e. The number of methoxy groups -OCH3 is 1. The van der Waals surface area contributed by atoms with Crippen molar-refractivity contribution in [3.05, 3.63) is 34.4 Å². The van der Waals surface area contributed by atoms with Crippen LogP contribution in [0.3, 0.4) is 0 Å². The Morgan fingerprint density at radius 1 is 1.06 bits per heavy atom. The fraction of sp³-hybridized carbons (Fsp3) is 0.273. The van der Waals surface area contributed by atoms with Gasteiger partial charge in [0.05, 0.1) is 18.2 Å². The quantitative estimate of drug-likeness (QED) is 0.600. The molecule has 1 aromatic carbocycles. The van der Waals surface area contributed by atoms with Gasteiger partial charge in [0.25, 0.3) is 0 Å². The van der Waals surface area contributed by atoms with Crippen LogP contribution in [0.15, 0.2) is 12.1 Å². The molecule has 16 heavy (non-hydrogen) atoms. The van der Waals surface area contributed by atoms with E-state index in [4.69, 9.17) is 5.90 Å². The molecule has 1 rings (SSSR count). The number of nitrogens with two attached hydrogens (primary N) is 1. The number of ether oxygens (including phenoxy) is 1. The van der Waals surface area contributed by atoms with Crippen LogP contribution in [0.5, 0.6) is 0 Å². The first-order chi connectivity index (χ1) is 7.52. The van der Waals surface area contributed by atoms with Gasteiger partial charge in [-0.2, -0.15) is 5.90 Å². The molecule has 0 bridgehead atoms. The van der Waals surface area contributed by atoms with Gasteiger partial charge in [-0.05, 0) is 37.1 Å². The minimum atomic E-state index is -0.628. The first kappa shape index (κ1) is 12.2. The summed E-state index contributed by atoms with van der Waals surface area (Å²) in [7, 11) is 1.30. The topological polar surface area (TPSA) is 78.6 Å². The minimum absolute atomic E-state index is 0.340. The third-order valence-corrected chi connectivity index (χ3v) is 2.52. The van der Waals surface area contributed by atoms with Crippen molar-refractivity contribution >= 4 is 11.9 Å². The summed E-state index contributed by atoms with van der Waals surface area (Å²) in [5, 5.41) is 0. The Labute approximate surface area is 93.1 Å². The molecular formula is C11H13NO4. The first-order valence-electron chi connectivity index (χ1n) is 4.62. The number of benzene rings is 1. The monoisotopic (exact) mass is 223 g/mol. The summed E-state index contributed by atoms with van der Waals surface area (Å²) in [6.45, 7) is 3.45. The van der Waals surface area contributed by atoms with Gasteiger partial charge in [0.1, 0.15) is 0 Å². The summed E-state index contributed by atoms with van der Waals surface area (Å²) >= 11 is 0. The maximum atomic E-state index is 11.4. The van der Waals surface area contributed by atoms with Crippen LogP contribution in [-0.2, 0) is 9.57 Å². The summed E-state index contributed by atoms with van der Waals surface area (Å²) in [6, 6.07) is 3.00. The molecule has 0 atom stereocenters. The van der Waals surface area contributed by atoms with Crippen molar-refractivity contribution in [2.45, 2.75) is 13.8 Å². The number of carbonyl (C=O) groups is 2. The highest BCUT2D eigenvalue weighted by atomic mass is 16.7. The van der Waals surface area contributed by atoms with Crippen LogP contribution in [0.1, 0.15) is 31.8 Å². The van der Waals surface area contributed by atoms with Crippen molar-refractivity contribution in [1.29, 1.82) is 0 Å². The lowest BCUT2D eigenvalue weighted by molar-refractivity contribution is 0.0500. The van der Waals surface area contributed by atoms with Gasteiger partial charge in [-0.25, -0.2) is 9.59 Å². The summed E-state index contributed by atoms with van der Waals surface area (Å²) in [5.74, 6) is 3.74. The van der Waals surface area contributed by atoms with Crippen LogP contribution >= 0.6 is 0 Å². The van der Waals surface area contributed by atoms with Gasteiger partial charge in [0, 0.05) is 0 Å². The number of hydrogen-bond donors (Lipinski definition) is 1. The van der Waals surface area contributed by atoms with Crippen molar-refractivity contribution in [1.82, 2.24) is 0 Å².